The van der Waals surface area contributed by atoms with Crippen molar-refractivity contribution in [2.45, 2.75) is 18.4 Å². The third-order valence-corrected chi connectivity index (χ3v) is 4.78. The number of hydrogen-bond donors (Lipinski definition) is 0. The predicted octanol–water partition coefficient (Wildman–Crippen LogP) is 3.60. The molecule has 0 saturated heterocycles. The zero-order chi connectivity index (χ0) is 15.1. The molecule has 0 amide bonds. The maximum atomic E-state index is 5.75. The van der Waals surface area contributed by atoms with Gasteiger partial charge in [0.15, 0.2) is 11.5 Å². The SMILES string of the molecule is CN(C)[C@@H]1C[C@H](c2ccc3c(c2)OCCO3)c2ccccc21. The Bertz CT molecular complexity index is 696. The molecule has 4 rings (SSSR count). The van der Waals surface area contributed by atoms with Gasteiger partial charge in [0.1, 0.15) is 13.2 Å². The molecule has 2 aliphatic rings. The Balaban J connectivity index is 1.74. The minimum atomic E-state index is 0.430. The molecule has 1 aliphatic heterocycles. The van der Waals surface area contributed by atoms with E-state index in [0.717, 1.165) is 17.9 Å². The molecule has 0 N–H and O–H groups in total. The van der Waals surface area contributed by atoms with Gasteiger partial charge in [0, 0.05) is 12.0 Å². The number of hydrogen-bond acceptors (Lipinski definition) is 3. The molecular formula is C19H21NO2. The van der Waals surface area contributed by atoms with Crippen LogP contribution in [-0.4, -0.2) is 32.2 Å². The van der Waals surface area contributed by atoms with E-state index < -0.39 is 0 Å². The molecule has 2 aromatic carbocycles. The molecule has 0 saturated carbocycles. The topological polar surface area (TPSA) is 21.7 Å². The van der Waals surface area contributed by atoms with Crippen LogP contribution >= 0.6 is 0 Å². The van der Waals surface area contributed by atoms with Crippen molar-refractivity contribution in [3.8, 4) is 11.5 Å². The van der Waals surface area contributed by atoms with Gasteiger partial charge in [-0.3, -0.25) is 0 Å². The first-order valence-corrected chi connectivity index (χ1v) is 7.89. The molecule has 1 aliphatic carbocycles. The Hall–Kier alpha value is -2.00. The van der Waals surface area contributed by atoms with Crippen LogP contribution in [0, 0.1) is 0 Å². The first-order chi connectivity index (χ1) is 10.7. The van der Waals surface area contributed by atoms with E-state index >= 15 is 0 Å². The molecule has 22 heavy (non-hydrogen) atoms. The minimum absolute atomic E-state index is 0.430. The van der Waals surface area contributed by atoms with Crippen LogP contribution in [0.3, 0.4) is 0 Å². The molecule has 0 radical (unpaired) electrons. The van der Waals surface area contributed by atoms with Crippen molar-refractivity contribution < 1.29 is 9.47 Å². The van der Waals surface area contributed by atoms with Crippen molar-refractivity contribution in [3.05, 3.63) is 59.2 Å². The summed E-state index contributed by atoms with van der Waals surface area (Å²) in [6, 6.07) is 15.7. The van der Waals surface area contributed by atoms with Crippen LogP contribution in [0.5, 0.6) is 11.5 Å². The van der Waals surface area contributed by atoms with Gasteiger partial charge >= 0.3 is 0 Å². The van der Waals surface area contributed by atoms with Gasteiger partial charge in [0.25, 0.3) is 0 Å². The summed E-state index contributed by atoms with van der Waals surface area (Å²) in [7, 11) is 4.32. The van der Waals surface area contributed by atoms with Gasteiger partial charge in [0.05, 0.1) is 0 Å². The molecule has 0 aromatic heterocycles. The smallest absolute Gasteiger partial charge is 0.161 e. The second-order valence-corrected chi connectivity index (χ2v) is 6.30. The second-order valence-electron chi connectivity index (χ2n) is 6.30. The quantitative estimate of drug-likeness (QED) is 0.845. The molecule has 2 aromatic rings. The largest absolute Gasteiger partial charge is 0.486 e. The van der Waals surface area contributed by atoms with Crippen molar-refractivity contribution in [2.24, 2.45) is 0 Å². The molecule has 1 heterocycles. The fourth-order valence-electron chi connectivity index (χ4n) is 3.69. The summed E-state index contributed by atoms with van der Waals surface area (Å²) in [5.74, 6) is 2.18. The Kier molecular flexibility index (Phi) is 3.30. The standard InChI is InChI=1S/C19H21NO2/c1-20(2)17-12-16(14-5-3-4-6-15(14)17)13-7-8-18-19(11-13)22-10-9-21-18/h3-8,11,16-17H,9-10,12H2,1-2H3/t16-,17-/m1/s1. The maximum absolute atomic E-state index is 5.75. The van der Waals surface area contributed by atoms with Crippen LogP contribution in [0.4, 0.5) is 0 Å². The summed E-state index contributed by atoms with van der Waals surface area (Å²) in [4.78, 5) is 2.32. The highest BCUT2D eigenvalue weighted by atomic mass is 16.6. The molecular weight excluding hydrogens is 274 g/mol. The molecule has 0 bridgehead atoms. The van der Waals surface area contributed by atoms with E-state index in [0.29, 0.717) is 25.2 Å². The number of ether oxygens (including phenoxy) is 2. The van der Waals surface area contributed by atoms with E-state index in [1.54, 1.807) is 0 Å². The van der Waals surface area contributed by atoms with E-state index in [1.165, 1.54) is 16.7 Å². The van der Waals surface area contributed by atoms with Crippen molar-refractivity contribution in [1.82, 2.24) is 4.90 Å². The van der Waals surface area contributed by atoms with Crippen LogP contribution in [0.25, 0.3) is 0 Å². The lowest BCUT2D eigenvalue weighted by atomic mass is 9.92. The Morgan fingerprint density at radius 2 is 1.64 bits per heavy atom. The summed E-state index contributed by atoms with van der Waals surface area (Å²) in [5.41, 5.74) is 4.21. The minimum Gasteiger partial charge on any atom is -0.486 e. The van der Waals surface area contributed by atoms with E-state index in [4.69, 9.17) is 9.47 Å². The predicted molar refractivity (Wildman–Crippen MR) is 86.8 cm³/mol. The highest BCUT2D eigenvalue weighted by Gasteiger charge is 2.33. The normalized spacial score (nSPS) is 22.7. The lowest BCUT2D eigenvalue weighted by molar-refractivity contribution is 0.171. The van der Waals surface area contributed by atoms with E-state index in [2.05, 4.69) is 61.5 Å². The Labute approximate surface area is 131 Å². The zero-order valence-corrected chi connectivity index (χ0v) is 13.1. The molecule has 3 nitrogen and oxygen atoms in total. The number of benzene rings is 2. The molecule has 0 fully saturated rings. The summed E-state index contributed by atoms with van der Waals surface area (Å²) in [5, 5.41) is 0. The van der Waals surface area contributed by atoms with Crippen LogP contribution < -0.4 is 9.47 Å². The van der Waals surface area contributed by atoms with Crippen molar-refractivity contribution in [2.75, 3.05) is 27.3 Å². The summed E-state index contributed by atoms with van der Waals surface area (Å²) in [6.07, 6.45) is 1.12. The van der Waals surface area contributed by atoms with Gasteiger partial charge < -0.3 is 14.4 Å². The summed E-state index contributed by atoms with van der Waals surface area (Å²) < 4.78 is 11.4. The molecule has 3 heteroatoms. The lowest BCUT2D eigenvalue weighted by Crippen LogP contribution is -2.17. The number of rotatable bonds is 2. The van der Waals surface area contributed by atoms with E-state index in [1.807, 2.05) is 0 Å². The molecule has 0 spiro atoms. The number of fused-ring (bicyclic) bond motifs is 2. The Morgan fingerprint density at radius 3 is 2.41 bits per heavy atom. The first-order valence-electron chi connectivity index (χ1n) is 7.89. The highest BCUT2D eigenvalue weighted by Crippen LogP contribution is 2.47. The fraction of sp³-hybridized carbons (Fsp3) is 0.368. The Morgan fingerprint density at radius 1 is 0.909 bits per heavy atom. The van der Waals surface area contributed by atoms with Crippen LogP contribution in [0.1, 0.15) is 35.1 Å². The monoisotopic (exact) mass is 295 g/mol. The fourth-order valence-corrected chi connectivity index (χ4v) is 3.69. The van der Waals surface area contributed by atoms with Gasteiger partial charge in [0.2, 0.25) is 0 Å². The lowest BCUT2D eigenvalue weighted by Gasteiger charge is -2.22. The number of nitrogens with zero attached hydrogens (tertiary/aromatic N) is 1. The van der Waals surface area contributed by atoms with Crippen LogP contribution in [-0.2, 0) is 0 Å². The molecule has 114 valence electrons. The van der Waals surface area contributed by atoms with E-state index in [-0.39, 0.29) is 0 Å². The van der Waals surface area contributed by atoms with Gasteiger partial charge in [-0.05, 0) is 49.3 Å². The van der Waals surface area contributed by atoms with Crippen molar-refractivity contribution in [1.29, 1.82) is 0 Å². The van der Waals surface area contributed by atoms with Crippen LogP contribution in [0.15, 0.2) is 42.5 Å². The third kappa shape index (κ3) is 2.17. The second kappa shape index (κ2) is 5.33. The maximum Gasteiger partial charge on any atom is 0.161 e. The van der Waals surface area contributed by atoms with Crippen molar-refractivity contribution >= 4 is 0 Å². The summed E-state index contributed by atoms with van der Waals surface area (Å²) >= 11 is 0. The van der Waals surface area contributed by atoms with E-state index in [9.17, 15) is 0 Å². The molecule has 0 unspecified atom stereocenters. The van der Waals surface area contributed by atoms with Crippen molar-refractivity contribution in [3.63, 3.8) is 0 Å². The van der Waals surface area contributed by atoms with Crippen LogP contribution in [0.2, 0.25) is 0 Å². The van der Waals surface area contributed by atoms with Gasteiger partial charge in [-0.2, -0.15) is 0 Å². The highest BCUT2D eigenvalue weighted by molar-refractivity contribution is 5.50. The first kappa shape index (κ1) is 13.6. The zero-order valence-electron chi connectivity index (χ0n) is 13.1. The average Bonchev–Trinajstić information content (AvgIpc) is 2.94. The average molecular weight is 295 g/mol. The summed E-state index contributed by atoms with van der Waals surface area (Å²) in [6.45, 7) is 1.28. The molecule has 2 atom stereocenters. The van der Waals surface area contributed by atoms with Gasteiger partial charge in [-0.25, -0.2) is 0 Å². The van der Waals surface area contributed by atoms with Gasteiger partial charge in [-0.15, -0.1) is 0 Å². The van der Waals surface area contributed by atoms with Gasteiger partial charge in [-0.1, -0.05) is 30.3 Å². The third-order valence-electron chi connectivity index (χ3n) is 4.78.